The second-order valence-corrected chi connectivity index (χ2v) is 16.2. The zero-order chi connectivity index (χ0) is 59.1. The van der Waals surface area contributed by atoms with E-state index in [1.54, 1.807) is 182 Å². The average molecular weight is 1190 g/mol. The number of nitrogens with one attached hydrogen (secondary N) is 3. The third-order valence-electron chi connectivity index (χ3n) is 10.8. The second-order valence-electron chi connectivity index (χ2n) is 16.2. The van der Waals surface area contributed by atoms with Gasteiger partial charge < -0.3 is 89.7 Å². The van der Waals surface area contributed by atoms with Crippen molar-refractivity contribution in [3.05, 3.63) is 288 Å². The zero-order valence-corrected chi connectivity index (χ0v) is 44.7. The number of hydrogen-bond donors (Lipinski definition) is 6. The van der Waals surface area contributed by atoms with E-state index >= 15 is 0 Å². The molecule has 0 amide bonds. The number of nitrogens with zero attached hydrogens (tertiary/aromatic N) is 3. The van der Waals surface area contributed by atoms with Gasteiger partial charge in [-0.05, 0) is 69.8 Å². The number of benzene rings is 6. The van der Waals surface area contributed by atoms with E-state index < -0.39 is 52.6 Å². The molecule has 82 heavy (non-hydrogen) atoms. The minimum absolute atomic E-state index is 0. The van der Waals surface area contributed by atoms with Gasteiger partial charge in [0.15, 0.2) is 16.8 Å². The molecule has 9 aromatic rings. The van der Waals surface area contributed by atoms with Gasteiger partial charge in [-0.15, -0.1) is 0 Å². The summed E-state index contributed by atoms with van der Waals surface area (Å²) in [6.45, 7) is 0. The van der Waals surface area contributed by atoms with Gasteiger partial charge in [-0.25, -0.2) is 15.0 Å². The normalized spacial score (nSPS) is 10.7. The maximum Gasteiger partial charge on any atom is 0.154 e. The molecule has 3 aromatic heterocycles. The Morgan fingerprint density at radius 2 is 0.500 bits per heavy atom. The van der Waals surface area contributed by atoms with E-state index in [1.165, 1.54) is 55.8 Å². The van der Waals surface area contributed by atoms with Crippen molar-refractivity contribution in [3.8, 4) is 0 Å². The van der Waals surface area contributed by atoms with Crippen molar-refractivity contribution in [2.75, 3.05) is 0 Å². The number of H-pyrrole nitrogens is 3. The summed E-state index contributed by atoms with van der Waals surface area (Å²) in [5.41, 5.74) is -2.70. The molecular formula is C60H48MoN6O15-6. The van der Waals surface area contributed by atoms with E-state index in [9.17, 15) is 74.7 Å². The first-order valence-electron chi connectivity index (χ1n) is 23.6. The molecule has 6 N–H and O–H groups in total. The fourth-order valence-corrected chi connectivity index (χ4v) is 6.83. The minimum Gasteiger partial charge on any atom is -0.546 e. The number of carbonyl (C=O) groups excluding carboxylic acids is 6. The van der Waals surface area contributed by atoms with Crippen molar-refractivity contribution in [1.82, 2.24) is 29.9 Å². The fourth-order valence-electron chi connectivity index (χ4n) is 6.83. The van der Waals surface area contributed by atoms with Gasteiger partial charge in [0.05, 0.1) is 90.5 Å². The monoisotopic (exact) mass is 1190 g/mol. The van der Waals surface area contributed by atoms with Crippen molar-refractivity contribution < 1.29 is 95.8 Å². The molecule has 6 aromatic carbocycles. The summed E-state index contributed by atoms with van der Waals surface area (Å²) < 4.78 is 0. The first kappa shape index (κ1) is 65.8. The molecule has 0 fully saturated rings. The molecule has 0 unspecified atom stereocenters. The Labute approximate surface area is 482 Å². The summed E-state index contributed by atoms with van der Waals surface area (Å²) in [5, 5.41) is 94.5. The number of aliphatic carboxylic acids is 6. The van der Waals surface area contributed by atoms with Crippen LogP contribution in [0.15, 0.2) is 238 Å². The van der Waals surface area contributed by atoms with Crippen molar-refractivity contribution in [2.24, 2.45) is 0 Å². The van der Waals surface area contributed by atoms with E-state index in [2.05, 4.69) is 29.9 Å². The molecule has 3 heterocycles. The number of carboxylic acids is 6. The summed E-state index contributed by atoms with van der Waals surface area (Å²) >= 11 is 0. The summed E-state index contributed by atoms with van der Waals surface area (Å²) in [5.74, 6) is -8.24. The topological polar surface area (TPSA) is 388 Å². The molecule has 420 valence electrons. The summed E-state index contributed by atoms with van der Waals surface area (Å²) in [7, 11) is 0. The van der Waals surface area contributed by atoms with Crippen LogP contribution in [0.5, 0.6) is 0 Å². The van der Waals surface area contributed by atoms with E-state index in [0.717, 1.165) is 18.2 Å². The van der Waals surface area contributed by atoms with Crippen LogP contribution in [0.25, 0.3) is 18.2 Å². The van der Waals surface area contributed by atoms with Crippen molar-refractivity contribution in [2.45, 2.75) is 16.8 Å². The molecule has 0 aliphatic heterocycles. The van der Waals surface area contributed by atoms with Crippen LogP contribution in [0, 0.1) is 0 Å². The molecule has 21 nitrogen and oxygen atoms in total. The Balaban J connectivity index is 0.000000262. The predicted octanol–water partition coefficient (Wildman–Crippen LogP) is -0.467. The van der Waals surface area contributed by atoms with Crippen LogP contribution in [0.2, 0.25) is 0 Å². The molecule has 0 bridgehead atoms. The second kappa shape index (κ2) is 33.8. The number of carboxylic acid groups (broad SMARTS) is 6. The standard InChI is InChI=1S/3C14H12O3.3C6H6N2O2.Mo/c3*15-13(16)14(17,11-7-3-1-4-8-11)12-9-5-2-6-10-12;3*9-6(10)2-1-5-3-7-4-8-5;/h3*1-10,17H,(H,15,16);3*1-4H,(H,7,8)(H,9,10);/p-6. The molecule has 0 aliphatic carbocycles. The van der Waals surface area contributed by atoms with E-state index in [0.29, 0.717) is 17.1 Å². The number of aliphatic hydroxyl groups is 3. The van der Waals surface area contributed by atoms with Crippen molar-refractivity contribution in [1.29, 1.82) is 0 Å². The number of hydrogen-bond acceptors (Lipinski definition) is 18. The van der Waals surface area contributed by atoms with Gasteiger partial charge in [-0.1, -0.05) is 182 Å². The van der Waals surface area contributed by atoms with Crippen LogP contribution in [-0.2, 0) is 66.6 Å². The molecule has 0 saturated carbocycles. The van der Waals surface area contributed by atoms with Crippen LogP contribution in [-0.4, -0.2) is 81.0 Å². The Morgan fingerprint density at radius 3 is 0.622 bits per heavy atom. The van der Waals surface area contributed by atoms with Gasteiger partial charge >= 0.3 is 0 Å². The Morgan fingerprint density at radius 1 is 0.329 bits per heavy atom. The number of imidazole rings is 3. The van der Waals surface area contributed by atoms with Gasteiger partial charge in [0.25, 0.3) is 0 Å². The van der Waals surface area contributed by atoms with Gasteiger partial charge in [-0.2, -0.15) is 0 Å². The molecule has 0 spiro atoms. The van der Waals surface area contributed by atoms with E-state index in [-0.39, 0.29) is 54.4 Å². The average Bonchev–Trinajstić information content (AvgIpc) is 4.46. The molecule has 22 heteroatoms. The first-order chi connectivity index (χ1) is 38.8. The van der Waals surface area contributed by atoms with Crippen molar-refractivity contribution >= 4 is 54.0 Å². The summed E-state index contributed by atoms with van der Waals surface area (Å²) in [6, 6.07) is 49.3. The van der Waals surface area contributed by atoms with Crippen LogP contribution < -0.4 is 30.6 Å². The first-order valence-corrected chi connectivity index (χ1v) is 23.6. The molecule has 0 saturated heterocycles. The van der Waals surface area contributed by atoms with Gasteiger partial charge in [0.1, 0.15) is 0 Å². The molecule has 0 aliphatic rings. The molecule has 0 radical (unpaired) electrons. The maximum absolute atomic E-state index is 11.3. The smallest absolute Gasteiger partial charge is 0.154 e. The third-order valence-corrected chi connectivity index (χ3v) is 10.8. The SMILES string of the molecule is O=C([O-])C(O)(c1ccccc1)c1ccccc1.O=C([O-])C(O)(c1ccccc1)c1ccccc1.O=C([O-])C(O)(c1ccccc1)c1ccccc1.O=C([O-])C=Cc1cnc[nH]1.O=C([O-])C=Cc1cnc[nH]1.O=C([O-])C=Cc1cnc[nH]1.[Mo]. The fraction of sp³-hybridized carbons (Fsp3) is 0.0500. The summed E-state index contributed by atoms with van der Waals surface area (Å²) in [4.78, 5) is 82.5. The van der Waals surface area contributed by atoms with Crippen LogP contribution in [0.3, 0.4) is 0 Å². The van der Waals surface area contributed by atoms with Crippen LogP contribution >= 0.6 is 0 Å². The Kier molecular flexibility index (Phi) is 27.1. The van der Waals surface area contributed by atoms with Gasteiger partial charge in [0, 0.05) is 21.1 Å². The molecular weight excluding hydrogens is 1140 g/mol. The van der Waals surface area contributed by atoms with Gasteiger partial charge in [0.2, 0.25) is 0 Å². The molecule has 0 atom stereocenters. The predicted molar refractivity (Wildman–Crippen MR) is 281 cm³/mol. The number of carbonyl (C=O) groups is 6. The quantitative estimate of drug-likeness (QED) is 0.0558. The number of aromatic amines is 3. The Bertz CT molecular complexity index is 2930. The summed E-state index contributed by atoms with van der Waals surface area (Å²) in [6.07, 6.45) is 15.9. The van der Waals surface area contributed by atoms with Gasteiger partial charge in [-0.3, -0.25) is 0 Å². The van der Waals surface area contributed by atoms with Crippen molar-refractivity contribution in [3.63, 3.8) is 0 Å². The van der Waals surface area contributed by atoms with E-state index in [1.807, 2.05) is 0 Å². The maximum atomic E-state index is 11.3. The minimum atomic E-state index is -2.11. The zero-order valence-electron chi connectivity index (χ0n) is 42.7. The van der Waals surface area contributed by atoms with Crippen LogP contribution in [0.1, 0.15) is 50.5 Å². The Hall–Kier alpha value is -10.4. The molecule has 9 rings (SSSR count). The largest absolute Gasteiger partial charge is 0.546 e. The third kappa shape index (κ3) is 20.1. The van der Waals surface area contributed by atoms with E-state index in [4.69, 9.17) is 0 Å². The number of rotatable bonds is 15. The van der Waals surface area contributed by atoms with Crippen LogP contribution in [0.4, 0.5) is 0 Å². The number of aromatic nitrogens is 6.